The number of nitrogens with zero attached hydrogens (tertiary/aromatic N) is 5. The topological polar surface area (TPSA) is 75.5 Å². The Kier molecular flexibility index (Phi) is 5.42. The molecule has 0 spiro atoms. The van der Waals surface area contributed by atoms with Gasteiger partial charge in [-0.15, -0.1) is 0 Å². The van der Waals surface area contributed by atoms with E-state index in [0.717, 1.165) is 66.7 Å². The molecule has 4 aliphatic heterocycles. The van der Waals surface area contributed by atoms with Gasteiger partial charge in [0.1, 0.15) is 17.9 Å². The molecule has 2 aromatic carbocycles. The molecule has 2 aromatic heterocycles. The third kappa shape index (κ3) is 3.84. The molecule has 4 saturated heterocycles. The molecule has 200 valence electrons. The summed E-state index contributed by atoms with van der Waals surface area (Å²) in [6.07, 6.45) is 8.98. The molecule has 0 saturated carbocycles. The molecule has 8 rings (SSSR count). The van der Waals surface area contributed by atoms with Crippen molar-refractivity contribution in [1.29, 1.82) is 0 Å². The maximum absolute atomic E-state index is 14.1. The van der Waals surface area contributed by atoms with Gasteiger partial charge in [-0.2, -0.15) is 9.97 Å². The Balaban J connectivity index is 1.25. The van der Waals surface area contributed by atoms with E-state index in [1.54, 1.807) is 4.57 Å². The molecule has 0 amide bonds. The monoisotopic (exact) mass is 522 g/mol. The second kappa shape index (κ2) is 9.03. The summed E-state index contributed by atoms with van der Waals surface area (Å²) in [5, 5.41) is 6.64. The van der Waals surface area contributed by atoms with Crippen LogP contribution in [0.25, 0.3) is 27.4 Å². The molecule has 0 aliphatic carbocycles. The van der Waals surface area contributed by atoms with E-state index in [0.29, 0.717) is 30.2 Å². The number of ether oxygens (including phenoxy) is 1. The summed E-state index contributed by atoms with van der Waals surface area (Å²) in [6, 6.07) is 17.5. The summed E-state index contributed by atoms with van der Waals surface area (Å²) in [4.78, 5) is 28.8. The van der Waals surface area contributed by atoms with Gasteiger partial charge in [0.25, 0.3) is 5.56 Å². The average molecular weight is 523 g/mol. The van der Waals surface area contributed by atoms with E-state index in [4.69, 9.17) is 14.7 Å². The number of benzene rings is 2. The molecule has 8 nitrogen and oxygen atoms in total. The Bertz CT molecular complexity index is 1610. The Labute approximate surface area is 227 Å². The van der Waals surface area contributed by atoms with E-state index < -0.39 is 0 Å². The third-order valence-electron chi connectivity index (χ3n) is 9.54. The van der Waals surface area contributed by atoms with E-state index in [2.05, 4.69) is 33.3 Å². The summed E-state index contributed by atoms with van der Waals surface area (Å²) in [7, 11) is 0. The molecule has 2 unspecified atom stereocenters. The van der Waals surface area contributed by atoms with Gasteiger partial charge in [0.15, 0.2) is 0 Å². The van der Waals surface area contributed by atoms with Crippen molar-refractivity contribution in [1.82, 2.24) is 24.8 Å². The van der Waals surface area contributed by atoms with Crippen molar-refractivity contribution >= 4 is 27.5 Å². The minimum absolute atomic E-state index is 0.0898. The average Bonchev–Trinajstić information content (AvgIpc) is 3.65. The number of fused-ring (bicyclic) bond motifs is 5. The van der Waals surface area contributed by atoms with Gasteiger partial charge in [-0.25, -0.2) is 0 Å². The molecule has 0 radical (unpaired) electrons. The van der Waals surface area contributed by atoms with Crippen molar-refractivity contribution in [3.63, 3.8) is 0 Å². The zero-order chi connectivity index (χ0) is 26.0. The number of hydrogen-bond acceptors (Lipinski definition) is 7. The first-order valence-corrected chi connectivity index (χ1v) is 14.5. The fourth-order valence-corrected chi connectivity index (χ4v) is 7.63. The highest BCUT2D eigenvalue weighted by Crippen LogP contribution is 2.39. The lowest BCUT2D eigenvalue weighted by atomic mass is 9.95. The number of anilines is 1. The zero-order valence-electron chi connectivity index (χ0n) is 22.2. The summed E-state index contributed by atoms with van der Waals surface area (Å²) in [5.74, 6) is 0.822. The Morgan fingerprint density at radius 2 is 1.69 bits per heavy atom. The largest absolute Gasteiger partial charge is 0.461 e. The minimum atomic E-state index is -0.142. The first-order valence-electron chi connectivity index (χ1n) is 14.5. The van der Waals surface area contributed by atoms with E-state index in [-0.39, 0.29) is 11.1 Å². The number of aromatic nitrogens is 3. The third-order valence-corrected chi connectivity index (χ3v) is 9.54. The van der Waals surface area contributed by atoms with Gasteiger partial charge in [-0.05, 0) is 69.1 Å². The maximum atomic E-state index is 14.1. The molecule has 8 heteroatoms. The predicted octanol–water partition coefficient (Wildman–Crippen LogP) is 3.88. The fraction of sp³-hybridized carbons (Fsp3) is 0.452. The van der Waals surface area contributed by atoms with Crippen molar-refractivity contribution in [2.24, 2.45) is 0 Å². The molecular weight excluding hydrogens is 488 g/mol. The number of pyridine rings is 1. The first kappa shape index (κ1) is 23.4. The van der Waals surface area contributed by atoms with Crippen LogP contribution in [0.2, 0.25) is 0 Å². The normalized spacial score (nSPS) is 24.1. The van der Waals surface area contributed by atoms with Crippen molar-refractivity contribution < 1.29 is 4.74 Å². The van der Waals surface area contributed by atoms with E-state index in [1.165, 1.54) is 25.7 Å². The predicted molar refractivity (Wildman–Crippen MR) is 153 cm³/mol. The van der Waals surface area contributed by atoms with Crippen molar-refractivity contribution in [3.05, 3.63) is 65.1 Å². The molecule has 6 heterocycles. The van der Waals surface area contributed by atoms with Crippen LogP contribution in [0.1, 0.15) is 38.5 Å². The summed E-state index contributed by atoms with van der Waals surface area (Å²) < 4.78 is 8.14. The number of nitrogens with one attached hydrogen (secondary N) is 1. The van der Waals surface area contributed by atoms with Crippen LogP contribution in [0.3, 0.4) is 0 Å². The van der Waals surface area contributed by atoms with Crippen LogP contribution in [-0.2, 0) is 0 Å². The Morgan fingerprint density at radius 3 is 2.51 bits per heavy atom. The van der Waals surface area contributed by atoms with Crippen LogP contribution in [-0.4, -0.2) is 69.8 Å². The number of piperazine rings is 1. The first-order chi connectivity index (χ1) is 19.2. The smallest absolute Gasteiger partial charge is 0.319 e. The van der Waals surface area contributed by atoms with Gasteiger partial charge < -0.3 is 15.0 Å². The zero-order valence-corrected chi connectivity index (χ0v) is 22.2. The SMILES string of the molecule is O=c1c2nc(OCC34CCCN3CCC4)nc(N3CC4CCC(C3)N4)c2ccn1-c1cccc2ccccc12. The van der Waals surface area contributed by atoms with E-state index >= 15 is 0 Å². The summed E-state index contributed by atoms with van der Waals surface area (Å²) in [6.45, 7) is 4.63. The number of hydrogen-bond donors (Lipinski definition) is 1. The highest BCUT2D eigenvalue weighted by atomic mass is 16.5. The van der Waals surface area contributed by atoms with E-state index in [9.17, 15) is 4.79 Å². The van der Waals surface area contributed by atoms with Gasteiger partial charge in [-0.3, -0.25) is 14.3 Å². The van der Waals surface area contributed by atoms with Crippen LogP contribution in [0.15, 0.2) is 59.5 Å². The quantitative estimate of drug-likeness (QED) is 0.426. The second-order valence-electron chi connectivity index (χ2n) is 11.8. The van der Waals surface area contributed by atoms with Gasteiger partial charge in [0.2, 0.25) is 0 Å². The van der Waals surface area contributed by atoms with Crippen molar-refractivity contribution in [3.8, 4) is 11.7 Å². The standard InChI is InChI=1S/C31H34N6O2/c38-29-27-25(12-17-37(29)26-9-3-7-21-6-1-2-8-24(21)26)28(35-18-22-10-11-23(19-35)32-22)34-30(33-27)39-20-31-13-4-15-36(31)16-5-14-31/h1-3,6-9,12,17,22-23,32H,4-5,10-11,13-16,18-20H2. The maximum Gasteiger partial charge on any atom is 0.319 e. The molecule has 2 atom stereocenters. The van der Waals surface area contributed by atoms with Crippen molar-refractivity contribution in [2.75, 3.05) is 37.7 Å². The molecule has 1 N–H and O–H groups in total. The van der Waals surface area contributed by atoms with Crippen LogP contribution in [0, 0.1) is 0 Å². The highest BCUT2D eigenvalue weighted by molar-refractivity contribution is 5.92. The second-order valence-corrected chi connectivity index (χ2v) is 11.8. The fourth-order valence-electron chi connectivity index (χ4n) is 7.63. The Morgan fingerprint density at radius 1 is 0.923 bits per heavy atom. The minimum Gasteiger partial charge on any atom is -0.461 e. The lowest BCUT2D eigenvalue weighted by molar-refractivity contribution is 0.108. The molecule has 39 heavy (non-hydrogen) atoms. The number of rotatable bonds is 5. The highest BCUT2D eigenvalue weighted by Gasteiger charge is 2.45. The van der Waals surface area contributed by atoms with Gasteiger partial charge in [-0.1, -0.05) is 36.4 Å². The summed E-state index contributed by atoms with van der Waals surface area (Å²) >= 11 is 0. The lowest BCUT2D eigenvalue weighted by Crippen LogP contribution is -2.51. The van der Waals surface area contributed by atoms with Gasteiger partial charge in [0, 0.05) is 36.8 Å². The van der Waals surface area contributed by atoms with Crippen LogP contribution in [0.4, 0.5) is 5.82 Å². The Hall–Kier alpha value is -3.49. The lowest BCUT2D eigenvalue weighted by Gasteiger charge is -2.34. The molecule has 4 fully saturated rings. The molecule has 4 aliphatic rings. The molecular formula is C31H34N6O2. The molecule has 4 aromatic rings. The van der Waals surface area contributed by atoms with E-state index in [1.807, 2.05) is 36.5 Å². The van der Waals surface area contributed by atoms with Crippen molar-refractivity contribution in [2.45, 2.75) is 56.1 Å². The van der Waals surface area contributed by atoms with Crippen LogP contribution in [0.5, 0.6) is 6.01 Å². The summed E-state index contributed by atoms with van der Waals surface area (Å²) in [5.41, 5.74) is 1.22. The molecule has 2 bridgehead atoms. The van der Waals surface area contributed by atoms with Gasteiger partial charge in [0.05, 0.1) is 16.6 Å². The van der Waals surface area contributed by atoms with Gasteiger partial charge >= 0.3 is 6.01 Å². The van der Waals surface area contributed by atoms with Crippen LogP contribution >= 0.6 is 0 Å². The van der Waals surface area contributed by atoms with Crippen LogP contribution < -0.4 is 20.5 Å².